The largest absolute Gasteiger partial charge is 0.493 e. The highest BCUT2D eigenvalue weighted by molar-refractivity contribution is 6.07. The molecule has 1 aromatic carbocycles. The van der Waals surface area contributed by atoms with Gasteiger partial charge in [0.05, 0.1) is 32.2 Å². The summed E-state index contributed by atoms with van der Waals surface area (Å²) >= 11 is 0. The summed E-state index contributed by atoms with van der Waals surface area (Å²) < 4.78 is 12.9. The quantitative estimate of drug-likeness (QED) is 0.457. The second-order valence-corrected chi connectivity index (χ2v) is 7.68. The molecule has 2 aromatic rings. The number of halogens is 1. The molecule has 2 heterocycles. The molecule has 2 aliphatic rings. The van der Waals surface area contributed by atoms with Crippen molar-refractivity contribution in [3.8, 4) is 11.5 Å². The maximum absolute atomic E-state index is 13.1. The minimum absolute atomic E-state index is 0. The van der Waals surface area contributed by atoms with Crippen molar-refractivity contribution < 1.29 is 14.3 Å². The highest BCUT2D eigenvalue weighted by atomic mass is 35.5. The van der Waals surface area contributed by atoms with E-state index in [4.69, 9.17) is 14.6 Å². The van der Waals surface area contributed by atoms with Gasteiger partial charge in [0.25, 0.3) is 0 Å². The number of aromatic nitrogens is 2. The second kappa shape index (κ2) is 10.5. The molecule has 1 aromatic heterocycles. The van der Waals surface area contributed by atoms with Crippen molar-refractivity contribution in [2.24, 2.45) is 16.9 Å². The van der Waals surface area contributed by atoms with Crippen LogP contribution in [0.25, 0.3) is 0 Å². The van der Waals surface area contributed by atoms with Gasteiger partial charge in [0.1, 0.15) is 0 Å². The minimum atomic E-state index is -0.0516. The van der Waals surface area contributed by atoms with E-state index in [1.54, 1.807) is 25.4 Å². The number of nitrogens with zero attached hydrogens (tertiary/aromatic N) is 4. The third kappa shape index (κ3) is 4.93. The summed E-state index contributed by atoms with van der Waals surface area (Å²) in [6.45, 7) is 1.51. The molecule has 0 saturated heterocycles. The summed E-state index contributed by atoms with van der Waals surface area (Å²) in [6, 6.07) is 5.86. The Morgan fingerprint density at radius 3 is 2.48 bits per heavy atom. The number of carbonyl (C=O) groups is 1. The maximum atomic E-state index is 13.1. The molecule has 0 unspecified atom stereocenters. The molecule has 0 bridgehead atoms. The van der Waals surface area contributed by atoms with Gasteiger partial charge in [-0.2, -0.15) is 5.10 Å². The number of methoxy groups -OCH3 is 2. The lowest BCUT2D eigenvalue weighted by atomic mass is 9.76. The highest BCUT2D eigenvalue weighted by Gasteiger charge is 2.39. The fourth-order valence-corrected chi connectivity index (χ4v) is 4.24. The summed E-state index contributed by atoms with van der Waals surface area (Å²) in [7, 11) is 3.26. The summed E-state index contributed by atoms with van der Waals surface area (Å²) in [5.74, 6) is 1.54. The SMILES string of the molecule is COc1ccc(C2=NN(CCCCn3ccnc3)C(=O)[C@@H]3CC=CC[C@H]23)cc1OC.Cl. The van der Waals surface area contributed by atoms with Crippen LogP contribution in [0.2, 0.25) is 0 Å². The van der Waals surface area contributed by atoms with E-state index < -0.39 is 0 Å². The van der Waals surface area contributed by atoms with E-state index in [-0.39, 0.29) is 30.2 Å². The zero-order chi connectivity index (χ0) is 20.9. The molecule has 0 radical (unpaired) electrons. The van der Waals surface area contributed by atoms with Gasteiger partial charge in [-0.3, -0.25) is 4.79 Å². The molecule has 1 amide bonds. The van der Waals surface area contributed by atoms with E-state index in [1.165, 1.54) is 0 Å². The van der Waals surface area contributed by atoms with Crippen molar-refractivity contribution in [3.63, 3.8) is 0 Å². The van der Waals surface area contributed by atoms with E-state index >= 15 is 0 Å². The van der Waals surface area contributed by atoms with Gasteiger partial charge < -0.3 is 14.0 Å². The Morgan fingerprint density at radius 2 is 1.77 bits per heavy atom. The van der Waals surface area contributed by atoms with Crippen molar-refractivity contribution in [3.05, 3.63) is 54.6 Å². The predicted molar refractivity (Wildman–Crippen MR) is 122 cm³/mol. The van der Waals surface area contributed by atoms with Crippen LogP contribution in [0.15, 0.2) is 54.2 Å². The number of rotatable bonds is 8. The number of aryl methyl sites for hydroxylation is 1. The van der Waals surface area contributed by atoms with Gasteiger partial charge in [0.2, 0.25) is 5.91 Å². The summed E-state index contributed by atoms with van der Waals surface area (Å²) in [4.78, 5) is 17.2. The summed E-state index contributed by atoms with van der Waals surface area (Å²) in [5, 5.41) is 6.51. The molecule has 8 heteroatoms. The predicted octanol–water partition coefficient (Wildman–Crippen LogP) is 3.93. The first kappa shape index (κ1) is 22.9. The maximum Gasteiger partial charge on any atom is 0.246 e. The van der Waals surface area contributed by atoms with Crippen LogP contribution in [0, 0.1) is 11.8 Å². The average Bonchev–Trinajstić information content (AvgIpc) is 3.31. The van der Waals surface area contributed by atoms with Crippen LogP contribution in [0.1, 0.15) is 31.2 Å². The molecule has 7 nitrogen and oxygen atoms in total. The lowest BCUT2D eigenvalue weighted by Gasteiger charge is -2.37. The Kier molecular flexibility index (Phi) is 7.74. The lowest BCUT2D eigenvalue weighted by molar-refractivity contribution is -0.137. The number of hydrogen-bond donors (Lipinski definition) is 0. The van der Waals surface area contributed by atoms with Crippen molar-refractivity contribution in [1.82, 2.24) is 14.6 Å². The zero-order valence-corrected chi connectivity index (χ0v) is 18.8. The number of amides is 1. The van der Waals surface area contributed by atoms with Crippen LogP contribution in [0.3, 0.4) is 0 Å². The third-order valence-corrected chi connectivity index (χ3v) is 5.86. The van der Waals surface area contributed by atoms with Crippen molar-refractivity contribution in [2.45, 2.75) is 32.2 Å². The number of hydrogen-bond acceptors (Lipinski definition) is 5. The zero-order valence-electron chi connectivity index (χ0n) is 17.9. The van der Waals surface area contributed by atoms with Gasteiger partial charge in [-0.05, 0) is 43.9 Å². The van der Waals surface area contributed by atoms with Gasteiger partial charge >= 0.3 is 0 Å². The molecule has 31 heavy (non-hydrogen) atoms. The van der Waals surface area contributed by atoms with E-state index in [0.29, 0.717) is 18.0 Å². The van der Waals surface area contributed by atoms with Gasteiger partial charge in [-0.15, -0.1) is 12.4 Å². The van der Waals surface area contributed by atoms with Crippen LogP contribution in [0.4, 0.5) is 0 Å². The van der Waals surface area contributed by atoms with Gasteiger partial charge in [-0.25, -0.2) is 9.99 Å². The molecular weight excluding hydrogens is 416 g/mol. The molecule has 166 valence electrons. The number of hydrazone groups is 1. The van der Waals surface area contributed by atoms with Crippen molar-refractivity contribution >= 4 is 24.0 Å². The fourth-order valence-electron chi connectivity index (χ4n) is 4.24. The second-order valence-electron chi connectivity index (χ2n) is 7.68. The fraction of sp³-hybridized carbons (Fsp3) is 0.435. The Balaban J connectivity index is 0.00000272. The van der Waals surface area contributed by atoms with Crippen molar-refractivity contribution in [2.75, 3.05) is 20.8 Å². The van der Waals surface area contributed by atoms with E-state index in [9.17, 15) is 4.79 Å². The molecule has 2 atom stereocenters. The number of carbonyl (C=O) groups excluding carboxylic acids is 1. The van der Waals surface area contributed by atoms with Gasteiger partial charge in [0.15, 0.2) is 11.5 Å². The van der Waals surface area contributed by atoms with Crippen molar-refractivity contribution in [1.29, 1.82) is 0 Å². The Hall–Kier alpha value is -2.80. The molecule has 0 saturated carbocycles. The topological polar surface area (TPSA) is 69.0 Å². The monoisotopic (exact) mass is 444 g/mol. The lowest BCUT2D eigenvalue weighted by Crippen LogP contribution is -2.45. The third-order valence-electron chi connectivity index (χ3n) is 5.86. The Labute approximate surface area is 189 Å². The van der Waals surface area contributed by atoms with E-state index in [1.807, 2.05) is 30.7 Å². The van der Waals surface area contributed by atoms with Crippen LogP contribution >= 0.6 is 12.4 Å². The molecule has 1 aliphatic carbocycles. The first-order valence-corrected chi connectivity index (χ1v) is 10.4. The Morgan fingerprint density at radius 1 is 1.03 bits per heavy atom. The number of ether oxygens (including phenoxy) is 2. The van der Waals surface area contributed by atoms with E-state index in [2.05, 4.69) is 21.7 Å². The number of allylic oxidation sites excluding steroid dienone is 2. The molecule has 0 spiro atoms. The minimum Gasteiger partial charge on any atom is -0.493 e. The number of imidazole rings is 1. The standard InChI is InChI=1S/C23H28N4O3.ClH/c1-29-20-10-9-17(15-21(20)30-2)22-18-7-3-4-8-19(18)23(28)27(25-22)13-6-5-12-26-14-11-24-16-26;/h3-4,9-11,14-16,18-19H,5-8,12-13H2,1-2H3;1H/t18-,19+;/m0./s1. The molecule has 4 rings (SSSR count). The molecule has 1 aliphatic heterocycles. The van der Waals surface area contributed by atoms with Gasteiger partial charge in [-0.1, -0.05) is 12.2 Å². The Bertz CT molecular complexity index is 942. The van der Waals surface area contributed by atoms with Gasteiger partial charge in [0, 0.05) is 37.0 Å². The van der Waals surface area contributed by atoms with Crippen LogP contribution in [-0.4, -0.2) is 46.9 Å². The molecule has 0 N–H and O–H groups in total. The number of benzene rings is 1. The first-order valence-electron chi connectivity index (χ1n) is 10.4. The highest BCUT2D eigenvalue weighted by Crippen LogP contribution is 2.36. The number of unbranched alkanes of at least 4 members (excludes halogenated alkanes) is 1. The molecular formula is C23H29ClN4O3. The van der Waals surface area contributed by atoms with E-state index in [0.717, 1.165) is 43.5 Å². The number of fused-ring (bicyclic) bond motifs is 1. The molecule has 0 fully saturated rings. The normalized spacial score (nSPS) is 20.0. The van der Waals surface area contributed by atoms with Crippen LogP contribution < -0.4 is 9.47 Å². The summed E-state index contributed by atoms with van der Waals surface area (Å²) in [5.41, 5.74) is 1.94. The summed E-state index contributed by atoms with van der Waals surface area (Å²) in [6.07, 6.45) is 13.3. The average molecular weight is 445 g/mol. The smallest absolute Gasteiger partial charge is 0.246 e. The van der Waals surface area contributed by atoms with Crippen LogP contribution in [-0.2, 0) is 11.3 Å². The van der Waals surface area contributed by atoms with Crippen LogP contribution in [0.5, 0.6) is 11.5 Å². The first-order chi connectivity index (χ1) is 14.7.